The summed E-state index contributed by atoms with van der Waals surface area (Å²) in [6, 6.07) is 8.37. The van der Waals surface area contributed by atoms with Crippen LogP contribution >= 0.6 is 0 Å². The van der Waals surface area contributed by atoms with Gasteiger partial charge in [0.1, 0.15) is 0 Å². The molecule has 0 radical (unpaired) electrons. The zero-order valence-electron chi connectivity index (χ0n) is 11.8. The molecule has 1 fully saturated rings. The van der Waals surface area contributed by atoms with E-state index >= 15 is 0 Å². The third kappa shape index (κ3) is 4.24. The molecule has 0 aliphatic carbocycles. The molecule has 1 aliphatic rings. The standard InChI is InChI=1S/C15H23N3O/c1-12-5-3-4-6-13(12)11-16-15(19)17-14-7-9-18(2)10-8-14/h3-6,14H,7-11H2,1-2H3,(H2,16,17,19). The number of hydrogen-bond donors (Lipinski definition) is 2. The Morgan fingerprint density at radius 2 is 2.00 bits per heavy atom. The van der Waals surface area contributed by atoms with Crippen molar-refractivity contribution in [3.63, 3.8) is 0 Å². The van der Waals surface area contributed by atoms with E-state index in [1.165, 1.54) is 11.1 Å². The molecule has 1 aromatic rings. The maximum absolute atomic E-state index is 11.8. The second kappa shape index (κ2) is 6.57. The van der Waals surface area contributed by atoms with Crippen LogP contribution < -0.4 is 10.6 Å². The lowest BCUT2D eigenvalue weighted by Crippen LogP contribution is -2.46. The van der Waals surface area contributed by atoms with Gasteiger partial charge < -0.3 is 15.5 Å². The van der Waals surface area contributed by atoms with Crippen LogP contribution in [0.1, 0.15) is 24.0 Å². The molecular weight excluding hydrogens is 238 g/mol. The molecule has 2 amide bonds. The van der Waals surface area contributed by atoms with Crippen LogP contribution in [0.15, 0.2) is 24.3 Å². The van der Waals surface area contributed by atoms with Crippen LogP contribution in [-0.4, -0.2) is 37.1 Å². The molecule has 0 unspecified atom stereocenters. The highest BCUT2D eigenvalue weighted by Gasteiger charge is 2.18. The number of nitrogens with zero attached hydrogens (tertiary/aromatic N) is 1. The van der Waals surface area contributed by atoms with Crippen molar-refractivity contribution in [1.82, 2.24) is 15.5 Å². The Balaban J connectivity index is 1.74. The van der Waals surface area contributed by atoms with E-state index in [9.17, 15) is 4.79 Å². The summed E-state index contributed by atoms with van der Waals surface area (Å²) in [6.07, 6.45) is 2.07. The fourth-order valence-electron chi connectivity index (χ4n) is 2.37. The third-order valence-corrected chi connectivity index (χ3v) is 3.75. The Labute approximate surface area is 115 Å². The molecule has 2 N–H and O–H groups in total. The molecule has 4 heteroatoms. The first kappa shape index (κ1) is 13.9. The van der Waals surface area contributed by atoms with E-state index in [2.05, 4.69) is 35.6 Å². The van der Waals surface area contributed by atoms with E-state index in [0.717, 1.165) is 25.9 Å². The number of aryl methyl sites for hydroxylation is 1. The zero-order valence-corrected chi connectivity index (χ0v) is 11.8. The van der Waals surface area contributed by atoms with Gasteiger partial charge in [0.05, 0.1) is 0 Å². The summed E-state index contributed by atoms with van der Waals surface area (Å²) in [5.74, 6) is 0. The molecule has 104 valence electrons. The number of piperidine rings is 1. The molecule has 19 heavy (non-hydrogen) atoms. The molecule has 0 atom stereocenters. The lowest BCUT2D eigenvalue weighted by molar-refractivity contribution is 0.213. The number of nitrogens with one attached hydrogen (secondary N) is 2. The van der Waals surface area contributed by atoms with Crippen molar-refractivity contribution in [3.05, 3.63) is 35.4 Å². The van der Waals surface area contributed by atoms with Gasteiger partial charge in [-0.2, -0.15) is 0 Å². The number of rotatable bonds is 3. The van der Waals surface area contributed by atoms with E-state index in [1.807, 2.05) is 18.2 Å². The van der Waals surface area contributed by atoms with E-state index < -0.39 is 0 Å². The topological polar surface area (TPSA) is 44.4 Å². The fraction of sp³-hybridized carbons (Fsp3) is 0.533. The van der Waals surface area contributed by atoms with Crippen molar-refractivity contribution in [2.45, 2.75) is 32.4 Å². The summed E-state index contributed by atoms with van der Waals surface area (Å²) in [5.41, 5.74) is 2.38. The zero-order chi connectivity index (χ0) is 13.7. The van der Waals surface area contributed by atoms with Crippen molar-refractivity contribution in [1.29, 1.82) is 0 Å². The van der Waals surface area contributed by atoms with E-state index in [0.29, 0.717) is 12.6 Å². The second-order valence-corrected chi connectivity index (χ2v) is 5.33. The lowest BCUT2D eigenvalue weighted by Gasteiger charge is -2.29. The average Bonchev–Trinajstić information content (AvgIpc) is 2.40. The molecule has 2 rings (SSSR count). The van der Waals surface area contributed by atoms with Gasteiger partial charge in [0, 0.05) is 12.6 Å². The van der Waals surface area contributed by atoms with Gasteiger partial charge in [0.2, 0.25) is 0 Å². The summed E-state index contributed by atoms with van der Waals surface area (Å²) < 4.78 is 0. The number of urea groups is 1. The average molecular weight is 261 g/mol. The first-order chi connectivity index (χ1) is 9.15. The Morgan fingerprint density at radius 1 is 1.32 bits per heavy atom. The minimum absolute atomic E-state index is 0.0576. The predicted octanol–water partition coefficient (Wildman–Crippen LogP) is 1.89. The lowest BCUT2D eigenvalue weighted by atomic mass is 10.1. The largest absolute Gasteiger partial charge is 0.335 e. The van der Waals surface area contributed by atoms with Crippen LogP contribution in [0.4, 0.5) is 4.79 Å². The molecule has 0 spiro atoms. The molecule has 1 heterocycles. The first-order valence-corrected chi connectivity index (χ1v) is 6.92. The van der Waals surface area contributed by atoms with Crippen LogP contribution in [0.2, 0.25) is 0 Å². The van der Waals surface area contributed by atoms with E-state index in [1.54, 1.807) is 0 Å². The van der Waals surface area contributed by atoms with Gasteiger partial charge in [0.25, 0.3) is 0 Å². The van der Waals surface area contributed by atoms with E-state index in [-0.39, 0.29) is 6.03 Å². The van der Waals surface area contributed by atoms with Crippen LogP contribution in [-0.2, 0) is 6.54 Å². The number of hydrogen-bond acceptors (Lipinski definition) is 2. The monoisotopic (exact) mass is 261 g/mol. The summed E-state index contributed by atoms with van der Waals surface area (Å²) in [7, 11) is 2.12. The Morgan fingerprint density at radius 3 is 2.68 bits per heavy atom. The Bertz CT molecular complexity index is 425. The molecule has 4 nitrogen and oxygen atoms in total. The summed E-state index contributed by atoms with van der Waals surface area (Å²) in [6.45, 7) is 4.77. The Kier molecular flexibility index (Phi) is 4.80. The highest BCUT2D eigenvalue weighted by molar-refractivity contribution is 5.74. The van der Waals surface area contributed by atoms with E-state index in [4.69, 9.17) is 0 Å². The number of benzene rings is 1. The van der Waals surface area contributed by atoms with Gasteiger partial charge >= 0.3 is 6.03 Å². The molecule has 0 aromatic heterocycles. The Hall–Kier alpha value is -1.55. The summed E-state index contributed by atoms with van der Waals surface area (Å²) in [4.78, 5) is 14.1. The highest BCUT2D eigenvalue weighted by atomic mass is 16.2. The second-order valence-electron chi connectivity index (χ2n) is 5.33. The van der Waals surface area contributed by atoms with Gasteiger partial charge in [-0.05, 0) is 51.0 Å². The van der Waals surface area contributed by atoms with Crippen LogP contribution in [0.3, 0.4) is 0 Å². The smallest absolute Gasteiger partial charge is 0.315 e. The molecule has 0 saturated carbocycles. The van der Waals surface area contributed by atoms with Crippen molar-refractivity contribution in [3.8, 4) is 0 Å². The molecule has 0 bridgehead atoms. The maximum Gasteiger partial charge on any atom is 0.315 e. The number of carbonyl (C=O) groups is 1. The van der Waals surface area contributed by atoms with Gasteiger partial charge in [-0.3, -0.25) is 0 Å². The highest BCUT2D eigenvalue weighted by Crippen LogP contribution is 2.08. The molecular formula is C15H23N3O. The van der Waals surface area contributed by atoms with Gasteiger partial charge in [-0.15, -0.1) is 0 Å². The van der Waals surface area contributed by atoms with Crippen LogP contribution in [0.5, 0.6) is 0 Å². The number of carbonyl (C=O) groups excluding carboxylic acids is 1. The minimum Gasteiger partial charge on any atom is -0.335 e. The molecule has 1 aliphatic heterocycles. The maximum atomic E-state index is 11.8. The normalized spacial score (nSPS) is 17.2. The van der Waals surface area contributed by atoms with Gasteiger partial charge in [0.15, 0.2) is 0 Å². The third-order valence-electron chi connectivity index (χ3n) is 3.75. The minimum atomic E-state index is -0.0576. The number of amides is 2. The SMILES string of the molecule is Cc1ccccc1CNC(=O)NC1CCN(C)CC1. The first-order valence-electron chi connectivity index (χ1n) is 6.92. The summed E-state index contributed by atoms with van der Waals surface area (Å²) in [5, 5.41) is 5.99. The van der Waals surface area contributed by atoms with Crippen molar-refractivity contribution < 1.29 is 4.79 Å². The molecule has 1 saturated heterocycles. The quantitative estimate of drug-likeness (QED) is 0.872. The van der Waals surface area contributed by atoms with Crippen molar-refractivity contribution in [2.24, 2.45) is 0 Å². The van der Waals surface area contributed by atoms with Crippen LogP contribution in [0.25, 0.3) is 0 Å². The predicted molar refractivity (Wildman–Crippen MR) is 77.1 cm³/mol. The number of likely N-dealkylation sites (tertiary alicyclic amines) is 1. The van der Waals surface area contributed by atoms with Crippen molar-refractivity contribution >= 4 is 6.03 Å². The van der Waals surface area contributed by atoms with Crippen LogP contribution in [0, 0.1) is 6.92 Å². The summed E-state index contributed by atoms with van der Waals surface area (Å²) >= 11 is 0. The fourth-order valence-corrected chi connectivity index (χ4v) is 2.37. The molecule has 1 aromatic carbocycles. The van der Waals surface area contributed by atoms with Gasteiger partial charge in [-0.1, -0.05) is 24.3 Å². The van der Waals surface area contributed by atoms with Gasteiger partial charge in [-0.25, -0.2) is 4.79 Å². The van der Waals surface area contributed by atoms with Crippen molar-refractivity contribution in [2.75, 3.05) is 20.1 Å².